The fourth-order valence-electron chi connectivity index (χ4n) is 1.88. The molecule has 0 bridgehead atoms. The first kappa shape index (κ1) is 9.96. The van der Waals surface area contributed by atoms with Crippen molar-refractivity contribution >= 4 is 17.0 Å². The smallest absolute Gasteiger partial charge is 0.203 e. The van der Waals surface area contributed by atoms with Crippen LogP contribution in [0, 0.1) is 0 Å². The number of imidazole rings is 1. The lowest BCUT2D eigenvalue weighted by Gasteiger charge is -2.04. The van der Waals surface area contributed by atoms with E-state index in [1.807, 2.05) is 31.3 Å². The molecule has 2 aromatic heterocycles. The Morgan fingerprint density at radius 3 is 2.94 bits per heavy atom. The van der Waals surface area contributed by atoms with Gasteiger partial charge in [-0.1, -0.05) is 12.1 Å². The van der Waals surface area contributed by atoms with Crippen molar-refractivity contribution in [1.82, 2.24) is 9.55 Å². The first-order chi connectivity index (χ1) is 8.34. The molecule has 3 rings (SSSR count). The number of furan rings is 1. The second-order valence-corrected chi connectivity index (χ2v) is 3.97. The van der Waals surface area contributed by atoms with Crippen molar-refractivity contribution in [2.45, 2.75) is 6.54 Å². The zero-order chi connectivity index (χ0) is 11.7. The molecule has 4 nitrogen and oxygen atoms in total. The number of aryl methyl sites for hydroxylation is 1. The van der Waals surface area contributed by atoms with Crippen LogP contribution < -0.4 is 5.32 Å². The average molecular weight is 227 g/mol. The Morgan fingerprint density at radius 2 is 2.18 bits per heavy atom. The van der Waals surface area contributed by atoms with Gasteiger partial charge in [0.15, 0.2) is 0 Å². The third-order valence-corrected chi connectivity index (χ3v) is 2.82. The lowest BCUT2D eigenvalue weighted by Crippen LogP contribution is -2.04. The minimum Gasteiger partial charge on any atom is -0.472 e. The predicted octanol–water partition coefficient (Wildman–Crippen LogP) is 2.78. The summed E-state index contributed by atoms with van der Waals surface area (Å²) in [5.41, 5.74) is 3.24. The second kappa shape index (κ2) is 3.97. The van der Waals surface area contributed by atoms with Crippen molar-refractivity contribution < 1.29 is 4.42 Å². The van der Waals surface area contributed by atoms with Gasteiger partial charge in [0.1, 0.15) is 0 Å². The first-order valence-corrected chi connectivity index (χ1v) is 5.51. The molecule has 3 aromatic rings. The molecule has 0 aliphatic rings. The van der Waals surface area contributed by atoms with Crippen LogP contribution in [-0.4, -0.2) is 9.55 Å². The monoisotopic (exact) mass is 227 g/mol. The van der Waals surface area contributed by atoms with Gasteiger partial charge in [-0.2, -0.15) is 0 Å². The van der Waals surface area contributed by atoms with Crippen LogP contribution >= 0.6 is 0 Å². The van der Waals surface area contributed by atoms with Gasteiger partial charge in [0.2, 0.25) is 5.95 Å². The summed E-state index contributed by atoms with van der Waals surface area (Å²) in [5.74, 6) is 0.868. The highest BCUT2D eigenvalue weighted by Crippen LogP contribution is 2.18. The van der Waals surface area contributed by atoms with Crippen LogP contribution in [0.25, 0.3) is 11.0 Å². The zero-order valence-corrected chi connectivity index (χ0v) is 9.55. The summed E-state index contributed by atoms with van der Waals surface area (Å²) >= 11 is 0. The molecule has 0 amide bonds. The Balaban J connectivity index is 1.88. The Hall–Kier alpha value is -2.23. The number of nitrogens with one attached hydrogen (secondary N) is 1. The molecule has 4 heteroatoms. The standard InChI is InChI=1S/C13H13N3O/c1-16-12-5-3-2-4-11(12)15-13(16)14-8-10-6-7-17-9-10/h2-7,9H,8H2,1H3,(H,14,15). The Labute approximate surface area is 98.9 Å². The van der Waals surface area contributed by atoms with Crippen LogP contribution in [0.1, 0.15) is 5.56 Å². The average Bonchev–Trinajstić information content (AvgIpc) is 2.96. The van der Waals surface area contributed by atoms with Crippen LogP contribution in [0.5, 0.6) is 0 Å². The lowest BCUT2D eigenvalue weighted by molar-refractivity contribution is 0.564. The number of fused-ring (bicyclic) bond motifs is 1. The maximum absolute atomic E-state index is 5.02. The van der Waals surface area contributed by atoms with Crippen LogP contribution in [0.4, 0.5) is 5.95 Å². The molecule has 0 aliphatic carbocycles. The topological polar surface area (TPSA) is 43.0 Å². The molecule has 86 valence electrons. The quantitative estimate of drug-likeness (QED) is 0.748. The van der Waals surface area contributed by atoms with Gasteiger partial charge in [0.05, 0.1) is 23.6 Å². The summed E-state index contributed by atoms with van der Waals surface area (Å²) in [6.07, 6.45) is 3.40. The molecule has 2 heterocycles. The predicted molar refractivity (Wildman–Crippen MR) is 66.7 cm³/mol. The lowest BCUT2D eigenvalue weighted by atomic mass is 10.3. The van der Waals surface area contributed by atoms with E-state index in [4.69, 9.17) is 4.42 Å². The van der Waals surface area contributed by atoms with Gasteiger partial charge in [-0.25, -0.2) is 4.98 Å². The number of hydrogen-bond donors (Lipinski definition) is 1. The van der Waals surface area contributed by atoms with E-state index in [1.165, 1.54) is 0 Å². The molecule has 0 saturated carbocycles. The van der Waals surface area contributed by atoms with E-state index in [2.05, 4.69) is 20.9 Å². The second-order valence-electron chi connectivity index (χ2n) is 3.97. The van der Waals surface area contributed by atoms with E-state index in [0.29, 0.717) is 6.54 Å². The molecule has 0 fully saturated rings. The molecule has 1 aromatic carbocycles. The number of aromatic nitrogens is 2. The van der Waals surface area contributed by atoms with Gasteiger partial charge in [0, 0.05) is 19.2 Å². The minimum absolute atomic E-state index is 0.716. The molecule has 0 aliphatic heterocycles. The molecule has 1 N–H and O–H groups in total. The molecule has 0 saturated heterocycles. The van der Waals surface area contributed by atoms with E-state index in [1.54, 1.807) is 12.5 Å². The van der Waals surface area contributed by atoms with Gasteiger partial charge in [-0.15, -0.1) is 0 Å². The Kier molecular flexibility index (Phi) is 2.33. The number of nitrogens with zero attached hydrogens (tertiary/aromatic N) is 2. The molecule has 0 radical (unpaired) electrons. The van der Waals surface area contributed by atoms with Gasteiger partial charge >= 0.3 is 0 Å². The molecule has 17 heavy (non-hydrogen) atoms. The summed E-state index contributed by atoms with van der Waals surface area (Å²) in [6.45, 7) is 0.716. The third kappa shape index (κ3) is 1.78. The van der Waals surface area contributed by atoms with E-state index < -0.39 is 0 Å². The molecule has 0 unspecified atom stereocenters. The largest absolute Gasteiger partial charge is 0.472 e. The normalized spacial score (nSPS) is 10.9. The van der Waals surface area contributed by atoms with Crippen molar-refractivity contribution in [3.05, 3.63) is 48.4 Å². The number of rotatable bonds is 3. The maximum Gasteiger partial charge on any atom is 0.203 e. The minimum atomic E-state index is 0.716. The fraction of sp³-hybridized carbons (Fsp3) is 0.154. The van der Waals surface area contributed by atoms with Crippen LogP contribution in [0.2, 0.25) is 0 Å². The molecule has 0 spiro atoms. The summed E-state index contributed by atoms with van der Waals surface area (Å²) in [6, 6.07) is 10.0. The molecule has 0 atom stereocenters. The SMILES string of the molecule is Cn1c(NCc2ccoc2)nc2ccccc21. The maximum atomic E-state index is 5.02. The van der Waals surface area contributed by atoms with E-state index in [0.717, 1.165) is 22.5 Å². The Morgan fingerprint density at radius 1 is 1.29 bits per heavy atom. The van der Waals surface area contributed by atoms with Crippen molar-refractivity contribution in [3.8, 4) is 0 Å². The number of para-hydroxylation sites is 2. The summed E-state index contributed by atoms with van der Waals surface area (Å²) < 4.78 is 7.08. The van der Waals surface area contributed by atoms with Gasteiger partial charge in [-0.3, -0.25) is 0 Å². The summed E-state index contributed by atoms with van der Waals surface area (Å²) in [5, 5.41) is 3.30. The van der Waals surface area contributed by atoms with Crippen molar-refractivity contribution in [1.29, 1.82) is 0 Å². The van der Waals surface area contributed by atoms with Crippen molar-refractivity contribution in [2.24, 2.45) is 7.05 Å². The van der Waals surface area contributed by atoms with Crippen LogP contribution in [0.3, 0.4) is 0 Å². The van der Waals surface area contributed by atoms with E-state index >= 15 is 0 Å². The number of hydrogen-bond acceptors (Lipinski definition) is 3. The van der Waals surface area contributed by atoms with Crippen LogP contribution in [0.15, 0.2) is 47.3 Å². The summed E-state index contributed by atoms with van der Waals surface area (Å²) in [4.78, 5) is 4.53. The van der Waals surface area contributed by atoms with Crippen molar-refractivity contribution in [3.63, 3.8) is 0 Å². The van der Waals surface area contributed by atoms with Gasteiger partial charge in [-0.05, 0) is 18.2 Å². The molecular weight excluding hydrogens is 214 g/mol. The van der Waals surface area contributed by atoms with E-state index in [-0.39, 0.29) is 0 Å². The van der Waals surface area contributed by atoms with Crippen LogP contribution in [-0.2, 0) is 13.6 Å². The highest BCUT2D eigenvalue weighted by atomic mass is 16.3. The van der Waals surface area contributed by atoms with Gasteiger partial charge < -0.3 is 14.3 Å². The fourth-order valence-corrected chi connectivity index (χ4v) is 1.88. The van der Waals surface area contributed by atoms with E-state index in [9.17, 15) is 0 Å². The number of anilines is 1. The Bertz CT molecular complexity index is 625. The first-order valence-electron chi connectivity index (χ1n) is 5.51. The summed E-state index contributed by atoms with van der Waals surface area (Å²) in [7, 11) is 2.01. The zero-order valence-electron chi connectivity index (χ0n) is 9.55. The highest BCUT2D eigenvalue weighted by molar-refractivity contribution is 5.78. The molecular formula is C13H13N3O. The highest BCUT2D eigenvalue weighted by Gasteiger charge is 2.06. The number of benzene rings is 1. The van der Waals surface area contributed by atoms with Crippen molar-refractivity contribution in [2.75, 3.05) is 5.32 Å². The van der Waals surface area contributed by atoms with Gasteiger partial charge in [0.25, 0.3) is 0 Å². The third-order valence-electron chi connectivity index (χ3n) is 2.82.